The fourth-order valence-electron chi connectivity index (χ4n) is 1.61. The number of nitrogens with one attached hydrogen (secondary N) is 1. The molecule has 2 aromatic heterocycles. The van der Waals surface area contributed by atoms with Crippen LogP contribution in [0.3, 0.4) is 0 Å². The van der Waals surface area contributed by atoms with Gasteiger partial charge in [0.15, 0.2) is 0 Å². The van der Waals surface area contributed by atoms with E-state index in [1.54, 1.807) is 17.1 Å². The van der Waals surface area contributed by atoms with Gasteiger partial charge in [0.2, 0.25) is 5.82 Å². The molecule has 19 heavy (non-hydrogen) atoms. The molecule has 0 aliphatic rings. The number of rotatable bonds is 5. The van der Waals surface area contributed by atoms with Crippen LogP contribution in [0, 0.1) is 0 Å². The van der Waals surface area contributed by atoms with Gasteiger partial charge in [0.05, 0.1) is 6.20 Å². The van der Waals surface area contributed by atoms with E-state index < -0.39 is 11.2 Å². The zero-order valence-electron chi connectivity index (χ0n) is 10.8. The van der Waals surface area contributed by atoms with Gasteiger partial charge in [-0.25, -0.2) is 9.48 Å². The standard InChI is InChI=1S/C10H15N7O2/c1-15-9(18)8(13-16(2)10(15)19)11-4-3-6-17-7-5-12-14-17/h5,7H,3-4,6H2,1-2H3,(H,11,13). The van der Waals surface area contributed by atoms with Gasteiger partial charge in [0.25, 0.3) is 5.56 Å². The van der Waals surface area contributed by atoms with Gasteiger partial charge in [-0.1, -0.05) is 5.21 Å². The first-order valence-electron chi connectivity index (χ1n) is 5.82. The van der Waals surface area contributed by atoms with Gasteiger partial charge >= 0.3 is 5.69 Å². The Balaban J connectivity index is 1.97. The van der Waals surface area contributed by atoms with E-state index in [9.17, 15) is 9.59 Å². The maximum absolute atomic E-state index is 11.8. The van der Waals surface area contributed by atoms with E-state index in [4.69, 9.17) is 0 Å². The molecule has 0 aliphatic carbocycles. The van der Waals surface area contributed by atoms with Crippen molar-refractivity contribution in [3.8, 4) is 0 Å². The first-order valence-corrected chi connectivity index (χ1v) is 5.82. The highest BCUT2D eigenvalue weighted by Crippen LogP contribution is 1.92. The summed E-state index contributed by atoms with van der Waals surface area (Å²) in [6, 6.07) is 0. The maximum Gasteiger partial charge on any atom is 0.346 e. The topological polar surface area (TPSA) is 99.6 Å². The van der Waals surface area contributed by atoms with Crippen LogP contribution in [0.5, 0.6) is 0 Å². The molecule has 0 atom stereocenters. The molecule has 2 heterocycles. The first-order chi connectivity index (χ1) is 9.09. The Kier molecular flexibility index (Phi) is 3.74. The summed E-state index contributed by atoms with van der Waals surface area (Å²) in [6.07, 6.45) is 4.14. The predicted molar refractivity (Wildman–Crippen MR) is 67.8 cm³/mol. The summed E-state index contributed by atoms with van der Waals surface area (Å²) >= 11 is 0. The molecule has 9 nitrogen and oxygen atoms in total. The van der Waals surface area contributed by atoms with Gasteiger partial charge < -0.3 is 5.32 Å². The monoisotopic (exact) mass is 265 g/mol. The Labute approximate surface area is 108 Å². The third-order valence-corrected chi connectivity index (χ3v) is 2.65. The molecule has 0 radical (unpaired) electrons. The molecular formula is C10H15N7O2. The molecule has 0 saturated heterocycles. The molecule has 0 unspecified atom stereocenters. The van der Waals surface area contributed by atoms with E-state index in [0.29, 0.717) is 13.1 Å². The lowest BCUT2D eigenvalue weighted by molar-refractivity contribution is 0.565. The Morgan fingerprint density at radius 2 is 2.11 bits per heavy atom. The van der Waals surface area contributed by atoms with Crippen molar-refractivity contribution in [2.45, 2.75) is 13.0 Å². The highest BCUT2D eigenvalue weighted by Gasteiger charge is 2.07. The van der Waals surface area contributed by atoms with Gasteiger partial charge in [0.1, 0.15) is 0 Å². The minimum absolute atomic E-state index is 0.170. The van der Waals surface area contributed by atoms with Crippen molar-refractivity contribution in [3.63, 3.8) is 0 Å². The quantitative estimate of drug-likeness (QED) is 0.665. The SMILES string of the molecule is Cn1nc(NCCCn2ccnn2)c(=O)n(C)c1=O. The van der Waals surface area contributed by atoms with Crippen LogP contribution in [-0.2, 0) is 20.6 Å². The lowest BCUT2D eigenvalue weighted by atomic mass is 10.4. The van der Waals surface area contributed by atoms with E-state index >= 15 is 0 Å². The van der Waals surface area contributed by atoms with E-state index in [1.807, 2.05) is 0 Å². The van der Waals surface area contributed by atoms with Crippen molar-refractivity contribution in [2.75, 3.05) is 11.9 Å². The first kappa shape index (κ1) is 13.0. The lowest BCUT2D eigenvalue weighted by Gasteiger charge is -2.07. The fraction of sp³-hybridized carbons (Fsp3) is 0.500. The molecular weight excluding hydrogens is 250 g/mol. The second kappa shape index (κ2) is 5.46. The van der Waals surface area contributed by atoms with Crippen LogP contribution in [0.1, 0.15) is 6.42 Å². The van der Waals surface area contributed by atoms with Crippen molar-refractivity contribution >= 4 is 5.82 Å². The molecule has 0 fully saturated rings. The van der Waals surface area contributed by atoms with Gasteiger partial charge in [-0.15, -0.1) is 10.2 Å². The summed E-state index contributed by atoms with van der Waals surface area (Å²) < 4.78 is 3.85. The Bertz CT molecular complexity index is 656. The van der Waals surface area contributed by atoms with E-state index in [-0.39, 0.29) is 5.82 Å². The number of aryl methyl sites for hydroxylation is 2. The van der Waals surface area contributed by atoms with Crippen LogP contribution in [0.2, 0.25) is 0 Å². The minimum Gasteiger partial charge on any atom is -0.364 e. The molecule has 0 aliphatic heterocycles. The molecule has 2 aromatic rings. The lowest BCUT2D eigenvalue weighted by Crippen LogP contribution is -2.40. The third kappa shape index (κ3) is 2.87. The second-order valence-electron chi connectivity index (χ2n) is 4.07. The van der Waals surface area contributed by atoms with Gasteiger partial charge in [-0.05, 0) is 6.42 Å². The molecule has 0 spiro atoms. The van der Waals surface area contributed by atoms with Gasteiger partial charge in [-0.2, -0.15) is 0 Å². The Hall–Kier alpha value is -2.45. The maximum atomic E-state index is 11.8. The molecule has 102 valence electrons. The van der Waals surface area contributed by atoms with Gasteiger partial charge in [0, 0.05) is 33.4 Å². The van der Waals surface area contributed by atoms with Crippen LogP contribution >= 0.6 is 0 Å². The Morgan fingerprint density at radius 3 is 2.79 bits per heavy atom. The number of aromatic nitrogens is 6. The van der Waals surface area contributed by atoms with E-state index in [2.05, 4.69) is 20.7 Å². The number of nitrogens with zero attached hydrogens (tertiary/aromatic N) is 6. The van der Waals surface area contributed by atoms with Crippen molar-refractivity contribution in [3.05, 3.63) is 33.2 Å². The average Bonchev–Trinajstić information content (AvgIpc) is 2.91. The second-order valence-corrected chi connectivity index (χ2v) is 4.07. The normalized spacial score (nSPS) is 10.6. The Morgan fingerprint density at radius 1 is 1.32 bits per heavy atom. The summed E-state index contributed by atoms with van der Waals surface area (Å²) in [6.45, 7) is 1.25. The zero-order valence-corrected chi connectivity index (χ0v) is 10.8. The van der Waals surface area contributed by atoms with Crippen LogP contribution in [-0.4, -0.2) is 35.9 Å². The van der Waals surface area contributed by atoms with Crippen LogP contribution < -0.4 is 16.6 Å². The molecule has 0 saturated carbocycles. The van der Waals surface area contributed by atoms with Crippen molar-refractivity contribution < 1.29 is 0 Å². The van der Waals surface area contributed by atoms with Gasteiger partial charge in [-0.3, -0.25) is 14.0 Å². The van der Waals surface area contributed by atoms with E-state index in [0.717, 1.165) is 15.7 Å². The van der Waals surface area contributed by atoms with Crippen LogP contribution in [0.15, 0.2) is 22.0 Å². The highest BCUT2D eigenvalue weighted by atomic mass is 16.2. The number of anilines is 1. The summed E-state index contributed by atoms with van der Waals surface area (Å²) in [7, 11) is 2.93. The minimum atomic E-state index is -0.446. The summed E-state index contributed by atoms with van der Waals surface area (Å²) in [5.41, 5.74) is -0.873. The molecule has 0 aromatic carbocycles. The fourth-order valence-corrected chi connectivity index (χ4v) is 1.61. The highest BCUT2D eigenvalue weighted by molar-refractivity contribution is 5.29. The molecule has 0 bridgehead atoms. The number of hydrogen-bond donors (Lipinski definition) is 1. The van der Waals surface area contributed by atoms with Crippen molar-refractivity contribution in [2.24, 2.45) is 14.1 Å². The third-order valence-electron chi connectivity index (χ3n) is 2.65. The van der Waals surface area contributed by atoms with Crippen molar-refractivity contribution in [1.82, 2.24) is 29.3 Å². The molecule has 1 N–H and O–H groups in total. The molecule has 9 heteroatoms. The predicted octanol–water partition coefficient (Wildman–Crippen LogP) is -1.43. The van der Waals surface area contributed by atoms with Crippen LogP contribution in [0.25, 0.3) is 0 Å². The summed E-state index contributed by atoms with van der Waals surface area (Å²) in [5.74, 6) is 0.170. The van der Waals surface area contributed by atoms with Crippen molar-refractivity contribution in [1.29, 1.82) is 0 Å². The smallest absolute Gasteiger partial charge is 0.346 e. The summed E-state index contributed by atoms with van der Waals surface area (Å²) in [4.78, 5) is 23.2. The largest absolute Gasteiger partial charge is 0.364 e. The summed E-state index contributed by atoms with van der Waals surface area (Å²) in [5, 5.41) is 14.3. The van der Waals surface area contributed by atoms with Crippen LogP contribution in [0.4, 0.5) is 5.82 Å². The molecule has 0 amide bonds. The number of hydrogen-bond acceptors (Lipinski definition) is 6. The zero-order chi connectivity index (χ0) is 13.8. The average molecular weight is 265 g/mol. The van der Waals surface area contributed by atoms with E-state index in [1.165, 1.54) is 14.1 Å². The molecule has 2 rings (SSSR count).